The number of carbonyl (C=O) groups is 1. The molecular formula is C20H30N6O3. The van der Waals surface area contributed by atoms with Gasteiger partial charge in [0.2, 0.25) is 5.91 Å². The summed E-state index contributed by atoms with van der Waals surface area (Å²) in [6.07, 6.45) is 2.77. The van der Waals surface area contributed by atoms with Gasteiger partial charge in [0.15, 0.2) is 0 Å². The highest BCUT2D eigenvalue weighted by Gasteiger charge is 2.52. The number of rotatable bonds is 5. The molecule has 0 aliphatic carbocycles. The normalized spacial score (nSPS) is 25.7. The fraction of sp³-hybridized carbons (Fsp3) is 0.700. The van der Waals surface area contributed by atoms with E-state index in [-0.39, 0.29) is 11.9 Å². The minimum Gasteiger partial charge on any atom is -0.361 e. The van der Waals surface area contributed by atoms with Crippen LogP contribution in [0.25, 0.3) is 0 Å². The van der Waals surface area contributed by atoms with E-state index in [1.165, 1.54) is 0 Å². The molecule has 0 spiro atoms. The lowest BCUT2D eigenvalue weighted by atomic mass is 9.67. The van der Waals surface area contributed by atoms with Crippen molar-refractivity contribution in [3.63, 3.8) is 0 Å². The number of likely N-dealkylation sites (N-methyl/N-ethyl adjacent to an activating group) is 1. The van der Waals surface area contributed by atoms with Crippen LogP contribution >= 0.6 is 0 Å². The van der Waals surface area contributed by atoms with E-state index in [1.54, 1.807) is 0 Å². The van der Waals surface area contributed by atoms with Gasteiger partial charge in [0.05, 0.1) is 17.7 Å². The maximum absolute atomic E-state index is 13.5. The van der Waals surface area contributed by atoms with Gasteiger partial charge in [0, 0.05) is 24.7 Å². The van der Waals surface area contributed by atoms with Gasteiger partial charge in [-0.05, 0) is 60.2 Å². The van der Waals surface area contributed by atoms with E-state index < -0.39 is 5.41 Å². The average molecular weight is 402 g/mol. The molecule has 0 radical (unpaired) electrons. The monoisotopic (exact) mass is 402 g/mol. The molecule has 0 saturated carbocycles. The van der Waals surface area contributed by atoms with Gasteiger partial charge in [-0.2, -0.15) is 0 Å². The van der Waals surface area contributed by atoms with Crippen molar-refractivity contribution in [2.45, 2.75) is 59.2 Å². The summed E-state index contributed by atoms with van der Waals surface area (Å²) >= 11 is 0. The highest BCUT2D eigenvalue weighted by atomic mass is 16.6. The maximum Gasteiger partial charge on any atom is 0.228 e. The Morgan fingerprint density at radius 1 is 1.17 bits per heavy atom. The molecule has 0 aromatic carbocycles. The van der Waals surface area contributed by atoms with Crippen LogP contribution in [0.2, 0.25) is 0 Å². The number of nitrogens with zero attached hydrogens (tertiary/aromatic N) is 5. The van der Waals surface area contributed by atoms with Crippen molar-refractivity contribution < 1.29 is 13.9 Å². The van der Waals surface area contributed by atoms with Crippen molar-refractivity contribution in [3.05, 3.63) is 28.4 Å². The van der Waals surface area contributed by atoms with Crippen LogP contribution in [0.5, 0.6) is 0 Å². The average Bonchev–Trinajstić information content (AvgIpc) is 3.26. The summed E-state index contributed by atoms with van der Waals surface area (Å²) in [4.78, 5) is 18.3. The van der Waals surface area contributed by atoms with E-state index >= 15 is 0 Å². The lowest BCUT2D eigenvalue weighted by Gasteiger charge is -2.53. The molecule has 2 aromatic heterocycles. The van der Waals surface area contributed by atoms with E-state index in [0.717, 1.165) is 62.5 Å². The van der Waals surface area contributed by atoms with Gasteiger partial charge in [-0.25, -0.2) is 4.63 Å². The van der Waals surface area contributed by atoms with Crippen LogP contribution in [0.15, 0.2) is 9.15 Å². The molecule has 1 N–H and O–H groups in total. The lowest BCUT2D eigenvalue weighted by Crippen LogP contribution is -2.65. The zero-order valence-corrected chi connectivity index (χ0v) is 17.7. The largest absolute Gasteiger partial charge is 0.361 e. The summed E-state index contributed by atoms with van der Waals surface area (Å²) in [5.74, 6) is 0.975. The number of carbonyl (C=O) groups excluding carboxylic acids is 1. The Kier molecular flexibility index (Phi) is 5.44. The van der Waals surface area contributed by atoms with Gasteiger partial charge in [0.25, 0.3) is 0 Å². The summed E-state index contributed by atoms with van der Waals surface area (Å²) in [6, 6.07) is 0.153. The molecule has 2 saturated heterocycles. The highest BCUT2D eigenvalue weighted by molar-refractivity contribution is 5.83. The number of fused-ring (bicyclic) bond motifs is 1. The molecule has 1 amide bonds. The Balaban J connectivity index is 1.56. The number of piperidine rings is 2. The number of aromatic nitrogens is 3. The molecule has 4 rings (SSSR count). The van der Waals surface area contributed by atoms with Crippen LogP contribution in [0.1, 0.15) is 47.7 Å². The summed E-state index contributed by atoms with van der Waals surface area (Å²) < 4.78 is 10.1. The van der Waals surface area contributed by atoms with Crippen molar-refractivity contribution in [1.82, 2.24) is 30.6 Å². The zero-order valence-electron chi connectivity index (χ0n) is 17.7. The Hall–Kier alpha value is -2.26. The molecule has 0 bridgehead atoms. The second-order valence-electron chi connectivity index (χ2n) is 8.54. The molecule has 2 aliphatic rings. The van der Waals surface area contributed by atoms with Crippen LogP contribution in [-0.4, -0.2) is 63.9 Å². The maximum atomic E-state index is 13.5. The topological polar surface area (TPSA) is 101 Å². The molecule has 158 valence electrons. The molecular weight excluding hydrogens is 372 g/mol. The van der Waals surface area contributed by atoms with Crippen LogP contribution in [0.4, 0.5) is 0 Å². The second-order valence-corrected chi connectivity index (χ2v) is 8.54. The van der Waals surface area contributed by atoms with Crippen molar-refractivity contribution in [3.8, 4) is 0 Å². The third-order valence-corrected chi connectivity index (χ3v) is 6.73. The van der Waals surface area contributed by atoms with Crippen LogP contribution in [0, 0.1) is 26.2 Å². The first-order chi connectivity index (χ1) is 13.9. The minimum absolute atomic E-state index is 0.112. The molecule has 2 atom stereocenters. The summed E-state index contributed by atoms with van der Waals surface area (Å²) in [7, 11) is 2.13. The highest BCUT2D eigenvalue weighted by Crippen LogP contribution is 2.43. The van der Waals surface area contributed by atoms with Gasteiger partial charge < -0.3 is 14.7 Å². The number of aryl methyl sites for hydroxylation is 3. The van der Waals surface area contributed by atoms with Gasteiger partial charge in [0.1, 0.15) is 17.1 Å². The SMILES string of the molecule is Cc1nonc1CNC(=O)[C@@]12CCCN(Cc3c(C)noc3C)[C@H]1CN(C)CC2. The Morgan fingerprint density at radius 3 is 2.69 bits per heavy atom. The minimum atomic E-state index is -0.394. The molecule has 2 aliphatic heterocycles. The van der Waals surface area contributed by atoms with Crippen molar-refractivity contribution in [1.29, 1.82) is 0 Å². The smallest absolute Gasteiger partial charge is 0.228 e. The van der Waals surface area contributed by atoms with E-state index in [4.69, 9.17) is 9.15 Å². The summed E-state index contributed by atoms with van der Waals surface area (Å²) in [5.41, 5.74) is 3.07. The molecule has 0 unspecified atom stereocenters. The Labute approximate surface area is 170 Å². The van der Waals surface area contributed by atoms with E-state index in [0.29, 0.717) is 17.9 Å². The van der Waals surface area contributed by atoms with Gasteiger partial charge >= 0.3 is 0 Å². The van der Waals surface area contributed by atoms with Crippen molar-refractivity contribution in [2.75, 3.05) is 26.7 Å². The Bertz CT molecular complexity index is 858. The predicted molar refractivity (Wildman–Crippen MR) is 105 cm³/mol. The number of likely N-dealkylation sites (tertiary alicyclic amines) is 2. The lowest BCUT2D eigenvalue weighted by molar-refractivity contribution is -0.145. The van der Waals surface area contributed by atoms with Crippen molar-refractivity contribution >= 4 is 5.91 Å². The van der Waals surface area contributed by atoms with Crippen LogP contribution < -0.4 is 5.32 Å². The molecule has 2 fully saturated rings. The van der Waals surface area contributed by atoms with Gasteiger partial charge in [-0.3, -0.25) is 9.69 Å². The number of amides is 1. The standard InChI is InChI=1S/C20H30N6O3/c1-13-16(15(3)28-22-13)11-26-8-5-6-20(7-9-25(4)12-18(20)26)19(27)21-10-17-14(2)23-29-24-17/h18H,5-12H2,1-4H3,(H,21,27)/t18-,20+/m0/s1. The van der Waals surface area contributed by atoms with Crippen molar-refractivity contribution in [2.24, 2.45) is 5.41 Å². The molecule has 9 heteroatoms. The first kappa shape index (κ1) is 20.0. The van der Waals surface area contributed by atoms with E-state index in [9.17, 15) is 4.79 Å². The zero-order chi connectivity index (χ0) is 20.6. The molecule has 9 nitrogen and oxygen atoms in total. The summed E-state index contributed by atoms with van der Waals surface area (Å²) in [6.45, 7) is 9.67. The first-order valence-electron chi connectivity index (χ1n) is 10.3. The van der Waals surface area contributed by atoms with E-state index in [1.807, 2.05) is 20.8 Å². The summed E-state index contributed by atoms with van der Waals surface area (Å²) in [5, 5.41) is 14.9. The number of hydrogen-bond donors (Lipinski definition) is 1. The first-order valence-corrected chi connectivity index (χ1v) is 10.3. The van der Waals surface area contributed by atoms with Crippen LogP contribution in [-0.2, 0) is 17.9 Å². The second kappa shape index (κ2) is 7.87. The third-order valence-electron chi connectivity index (χ3n) is 6.73. The molecule has 2 aromatic rings. The number of nitrogens with one attached hydrogen (secondary N) is 1. The Morgan fingerprint density at radius 2 is 2.00 bits per heavy atom. The quantitative estimate of drug-likeness (QED) is 0.805. The number of hydrogen-bond acceptors (Lipinski definition) is 8. The van der Waals surface area contributed by atoms with Gasteiger partial charge in [-0.15, -0.1) is 0 Å². The van der Waals surface area contributed by atoms with Gasteiger partial charge in [-0.1, -0.05) is 15.5 Å². The fourth-order valence-electron chi connectivity index (χ4n) is 4.88. The van der Waals surface area contributed by atoms with E-state index in [2.05, 4.69) is 37.6 Å². The third kappa shape index (κ3) is 3.69. The molecule has 29 heavy (non-hydrogen) atoms. The predicted octanol–water partition coefficient (Wildman–Crippen LogP) is 1.59. The fourth-order valence-corrected chi connectivity index (χ4v) is 4.88. The van der Waals surface area contributed by atoms with Crippen LogP contribution in [0.3, 0.4) is 0 Å². The molecule has 4 heterocycles.